The number of benzene rings is 1. The molecule has 6 saturated carbocycles. The lowest BCUT2D eigenvalue weighted by Gasteiger charge is -2.65. The predicted molar refractivity (Wildman–Crippen MR) is 145 cm³/mol. The van der Waals surface area contributed by atoms with E-state index in [9.17, 15) is 22.4 Å². The van der Waals surface area contributed by atoms with Gasteiger partial charge >= 0.3 is 6.18 Å². The van der Waals surface area contributed by atoms with Gasteiger partial charge in [-0.2, -0.15) is 18.2 Å². The van der Waals surface area contributed by atoms with Gasteiger partial charge in [0.25, 0.3) is 0 Å². The summed E-state index contributed by atoms with van der Waals surface area (Å²) in [6.07, 6.45) is 3.86. The molecule has 6 aliphatic carbocycles. The van der Waals surface area contributed by atoms with Gasteiger partial charge in [0.15, 0.2) is 5.82 Å². The van der Waals surface area contributed by atoms with Crippen LogP contribution in [0.15, 0.2) is 41.2 Å². The number of carbonyl (C=O) groups excluding carboxylic acids is 1. The summed E-state index contributed by atoms with van der Waals surface area (Å²) >= 11 is 0. The zero-order valence-corrected chi connectivity index (χ0v) is 23.7. The van der Waals surface area contributed by atoms with Crippen molar-refractivity contribution < 1.29 is 26.9 Å². The summed E-state index contributed by atoms with van der Waals surface area (Å²) in [5.41, 5.74) is -0.416. The van der Waals surface area contributed by atoms with Crippen LogP contribution in [0.1, 0.15) is 95.1 Å². The third kappa shape index (κ3) is 4.33. The third-order valence-corrected chi connectivity index (χ3v) is 10.4. The monoisotopic (exact) mass is 583 g/mol. The van der Waals surface area contributed by atoms with Crippen LogP contribution < -0.4 is 4.90 Å². The number of carbonyl (C=O) groups is 1. The normalized spacial score (nSPS) is 31.5. The zero-order valence-electron chi connectivity index (χ0n) is 23.7. The van der Waals surface area contributed by atoms with Crippen molar-refractivity contribution in [3.05, 3.63) is 54.2 Å². The fraction of sp³-hybridized carbons (Fsp3) is 0.581. The van der Waals surface area contributed by atoms with E-state index in [1.54, 1.807) is 18.2 Å². The molecule has 2 heterocycles. The molecular formula is C31H33F4N5O2. The quantitative estimate of drug-likeness (QED) is 0.274. The van der Waals surface area contributed by atoms with E-state index in [1.165, 1.54) is 0 Å². The van der Waals surface area contributed by atoms with Crippen LogP contribution in [0.5, 0.6) is 0 Å². The van der Waals surface area contributed by atoms with Gasteiger partial charge in [-0.15, -0.1) is 0 Å². The molecular weight excluding hydrogens is 550 g/mol. The molecule has 0 spiro atoms. The lowest BCUT2D eigenvalue weighted by molar-refractivity contribution is -0.211. The zero-order chi connectivity index (χ0) is 29.5. The molecule has 0 radical (unpaired) electrons. The number of hydrogen-bond donors (Lipinski definition) is 0. The molecule has 0 aliphatic heterocycles. The van der Waals surface area contributed by atoms with Gasteiger partial charge in [0.1, 0.15) is 5.67 Å². The largest absolute Gasteiger partial charge is 0.451 e. The van der Waals surface area contributed by atoms with Crippen molar-refractivity contribution in [2.45, 2.75) is 94.8 Å². The second-order valence-electron chi connectivity index (χ2n) is 13.6. The number of fused-ring (bicyclic) bond motifs is 3. The Morgan fingerprint density at radius 2 is 1.64 bits per heavy atom. The number of nitrogens with zero attached hydrogens (tertiary/aromatic N) is 5. The van der Waals surface area contributed by atoms with Gasteiger partial charge in [0.05, 0.1) is 5.41 Å². The van der Waals surface area contributed by atoms with E-state index < -0.39 is 23.1 Å². The summed E-state index contributed by atoms with van der Waals surface area (Å²) in [5.74, 6) is 0.379. The van der Waals surface area contributed by atoms with E-state index in [2.05, 4.69) is 15.1 Å². The second-order valence-corrected chi connectivity index (χ2v) is 13.6. The Morgan fingerprint density at radius 1 is 1.00 bits per heavy atom. The summed E-state index contributed by atoms with van der Waals surface area (Å²) < 4.78 is 59.3. The number of halogens is 4. The van der Waals surface area contributed by atoms with Crippen LogP contribution in [-0.2, 0) is 16.4 Å². The summed E-state index contributed by atoms with van der Waals surface area (Å²) in [6.45, 7) is 4.60. The highest BCUT2D eigenvalue weighted by Crippen LogP contribution is 2.70. The van der Waals surface area contributed by atoms with Crippen molar-refractivity contribution >= 4 is 11.6 Å². The van der Waals surface area contributed by atoms with Crippen molar-refractivity contribution in [2.24, 2.45) is 10.8 Å². The Hall–Kier alpha value is -3.37. The minimum absolute atomic E-state index is 0.0573. The SMILES string of the molecule is CC(C)c1noc(C23CCC(CN(C(=O)C45CC(F)(C4)C5)c4cccc(-c5cnc(C(F)(F)F)nc5)c4)(CC2)CC3)n1. The topological polar surface area (TPSA) is 85.0 Å². The molecule has 7 nitrogen and oxygen atoms in total. The molecule has 42 heavy (non-hydrogen) atoms. The predicted octanol–water partition coefficient (Wildman–Crippen LogP) is 7.19. The molecule has 1 amide bonds. The molecule has 11 heteroatoms. The van der Waals surface area contributed by atoms with Crippen molar-refractivity contribution in [1.29, 1.82) is 0 Å². The van der Waals surface area contributed by atoms with Crippen molar-refractivity contribution in [3.63, 3.8) is 0 Å². The lowest BCUT2D eigenvalue weighted by atomic mass is 9.41. The Kier molecular flexibility index (Phi) is 5.93. The summed E-state index contributed by atoms with van der Waals surface area (Å²) in [6, 6.07) is 7.20. The minimum Gasteiger partial charge on any atom is -0.339 e. The summed E-state index contributed by atoms with van der Waals surface area (Å²) in [4.78, 5) is 27.7. The van der Waals surface area contributed by atoms with Crippen molar-refractivity contribution in [3.8, 4) is 11.1 Å². The Morgan fingerprint density at radius 3 is 2.19 bits per heavy atom. The minimum atomic E-state index is -4.63. The van der Waals surface area contributed by atoms with E-state index in [-0.39, 0.29) is 41.9 Å². The first-order valence-corrected chi connectivity index (χ1v) is 14.7. The molecule has 0 N–H and O–H groups in total. The maximum Gasteiger partial charge on any atom is 0.451 e. The first-order valence-electron chi connectivity index (χ1n) is 14.7. The third-order valence-electron chi connectivity index (χ3n) is 10.4. The van der Waals surface area contributed by atoms with Crippen LogP contribution in [0.4, 0.5) is 23.2 Å². The molecule has 0 atom stereocenters. The summed E-state index contributed by atoms with van der Waals surface area (Å²) in [7, 11) is 0. The van der Waals surface area contributed by atoms with Gasteiger partial charge in [-0.3, -0.25) is 4.79 Å². The number of amides is 1. The van der Waals surface area contributed by atoms with Gasteiger partial charge in [-0.25, -0.2) is 14.4 Å². The molecule has 0 saturated heterocycles. The van der Waals surface area contributed by atoms with Crippen LogP contribution in [0, 0.1) is 10.8 Å². The molecule has 1 aromatic carbocycles. The number of alkyl halides is 4. The smallest absolute Gasteiger partial charge is 0.339 e. The summed E-state index contributed by atoms with van der Waals surface area (Å²) in [5, 5.41) is 4.20. The van der Waals surface area contributed by atoms with Gasteiger partial charge in [-0.05, 0) is 80.9 Å². The van der Waals surface area contributed by atoms with E-state index in [4.69, 9.17) is 9.51 Å². The van der Waals surface area contributed by atoms with E-state index in [0.29, 0.717) is 23.4 Å². The molecule has 6 fully saturated rings. The van der Waals surface area contributed by atoms with Crippen LogP contribution >= 0.6 is 0 Å². The fourth-order valence-electron chi connectivity index (χ4n) is 7.78. The number of hydrogen-bond acceptors (Lipinski definition) is 6. The van der Waals surface area contributed by atoms with Crippen molar-refractivity contribution in [2.75, 3.05) is 11.4 Å². The highest BCUT2D eigenvalue weighted by Gasteiger charge is 2.73. The first kappa shape index (κ1) is 27.5. The first-order chi connectivity index (χ1) is 19.8. The molecule has 0 unspecified atom stereocenters. The standard InChI is InChI=1S/C31H33F4N5O2/c1-19(2)23-38-25(42-39-23)28-9-6-27(7-10-28,8-11-28)18-40(26(41)29-15-30(32,16-29)17-29)22-5-3-4-20(12-22)21-13-36-24(37-14-21)31(33,34)35/h3-5,12-14,19H,6-11,15-18H2,1-2H3. The van der Waals surface area contributed by atoms with Crippen LogP contribution in [0.25, 0.3) is 11.1 Å². The Labute approximate surface area is 241 Å². The molecule has 3 aromatic rings. The highest BCUT2D eigenvalue weighted by molar-refractivity contribution is 6.00. The molecule has 6 aliphatic rings. The van der Waals surface area contributed by atoms with Gasteiger partial charge in [0.2, 0.25) is 17.6 Å². The highest BCUT2D eigenvalue weighted by atomic mass is 19.4. The molecule has 4 bridgehead atoms. The average molecular weight is 584 g/mol. The van der Waals surface area contributed by atoms with Gasteiger partial charge < -0.3 is 9.42 Å². The maximum absolute atomic E-state index is 14.5. The van der Waals surface area contributed by atoms with E-state index >= 15 is 0 Å². The van der Waals surface area contributed by atoms with Crippen LogP contribution in [0.2, 0.25) is 0 Å². The van der Waals surface area contributed by atoms with Gasteiger partial charge in [0, 0.05) is 41.5 Å². The fourth-order valence-corrected chi connectivity index (χ4v) is 7.78. The van der Waals surface area contributed by atoms with E-state index in [1.807, 2.05) is 24.8 Å². The number of aromatic nitrogens is 4. The molecule has 2 aromatic heterocycles. The van der Waals surface area contributed by atoms with Crippen LogP contribution in [0.3, 0.4) is 0 Å². The number of rotatable bonds is 7. The number of anilines is 1. The van der Waals surface area contributed by atoms with Gasteiger partial charge in [-0.1, -0.05) is 31.1 Å². The second kappa shape index (κ2) is 9.07. The average Bonchev–Trinajstić information content (AvgIpc) is 3.46. The maximum atomic E-state index is 14.5. The van der Waals surface area contributed by atoms with Crippen LogP contribution in [-0.4, -0.2) is 38.2 Å². The lowest BCUT2D eigenvalue weighted by Crippen LogP contribution is -2.71. The van der Waals surface area contributed by atoms with Crippen molar-refractivity contribution in [1.82, 2.24) is 20.1 Å². The Bertz CT molecular complexity index is 1490. The molecule has 9 rings (SSSR count). The Balaban J connectivity index is 1.16. The molecule has 222 valence electrons. The van der Waals surface area contributed by atoms with E-state index in [0.717, 1.165) is 62.6 Å².